The van der Waals surface area contributed by atoms with Gasteiger partial charge in [-0.25, -0.2) is 0 Å². The van der Waals surface area contributed by atoms with Crippen LogP contribution in [-0.2, 0) is 11.2 Å². The van der Waals surface area contributed by atoms with Crippen molar-refractivity contribution in [2.45, 2.75) is 13.3 Å². The first-order valence-corrected chi connectivity index (χ1v) is 5.87. The quantitative estimate of drug-likeness (QED) is 0.854. The van der Waals surface area contributed by atoms with Gasteiger partial charge in [0.2, 0.25) is 5.91 Å². The average molecular weight is 234 g/mol. The van der Waals surface area contributed by atoms with E-state index < -0.39 is 0 Å². The van der Waals surface area contributed by atoms with Crippen molar-refractivity contribution < 1.29 is 9.53 Å². The number of rotatable bonds is 3. The van der Waals surface area contributed by atoms with Crippen LogP contribution in [0.1, 0.15) is 12.5 Å². The van der Waals surface area contributed by atoms with E-state index in [4.69, 9.17) is 10.5 Å². The van der Waals surface area contributed by atoms with E-state index in [1.54, 1.807) is 11.9 Å². The molecule has 2 N–H and O–H groups in total. The van der Waals surface area contributed by atoms with Crippen LogP contribution in [0.5, 0.6) is 5.75 Å². The highest BCUT2D eigenvalue weighted by Gasteiger charge is 2.19. The van der Waals surface area contributed by atoms with Gasteiger partial charge in [-0.1, -0.05) is 6.92 Å². The number of hydrogen-bond donors (Lipinski definition) is 1. The maximum Gasteiger partial charge on any atom is 0.230 e. The molecule has 4 nitrogen and oxygen atoms in total. The lowest BCUT2D eigenvalue weighted by Crippen LogP contribution is -2.35. The maximum absolute atomic E-state index is 12.0. The van der Waals surface area contributed by atoms with Crippen LogP contribution in [0.15, 0.2) is 18.2 Å². The Bertz CT molecular complexity index is 431. The van der Waals surface area contributed by atoms with E-state index in [-0.39, 0.29) is 11.8 Å². The van der Waals surface area contributed by atoms with Gasteiger partial charge >= 0.3 is 0 Å². The molecule has 1 unspecified atom stereocenters. The van der Waals surface area contributed by atoms with E-state index >= 15 is 0 Å². The number of amides is 1. The fourth-order valence-electron chi connectivity index (χ4n) is 1.94. The predicted molar refractivity (Wildman–Crippen MR) is 67.3 cm³/mol. The molecule has 17 heavy (non-hydrogen) atoms. The van der Waals surface area contributed by atoms with Crippen molar-refractivity contribution in [2.75, 3.05) is 25.1 Å². The van der Waals surface area contributed by atoms with Crippen LogP contribution in [0, 0.1) is 5.92 Å². The molecule has 1 amide bonds. The van der Waals surface area contributed by atoms with Crippen molar-refractivity contribution in [3.8, 4) is 5.75 Å². The highest BCUT2D eigenvalue weighted by Crippen LogP contribution is 2.29. The molecule has 0 aliphatic carbocycles. The first-order valence-electron chi connectivity index (χ1n) is 5.87. The van der Waals surface area contributed by atoms with Gasteiger partial charge in [-0.3, -0.25) is 4.79 Å². The van der Waals surface area contributed by atoms with Crippen LogP contribution in [0.25, 0.3) is 0 Å². The largest absolute Gasteiger partial charge is 0.493 e. The average Bonchev–Trinajstić information content (AvgIpc) is 2.83. The standard InChI is InChI=1S/C13H18N2O2/c1-9(8-14)13(16)15(2)11-3-4-12-10(7-11)5-6-17-12/h3-4,7,9H,5-6,8,14H2,1-2H3. The Labute approximate surface area is 101 Å². The molecule has 1 aromatic rings. The SMILES string of the molecule is CC(CN)C(=O)N(C)c1ccc2c(c1)CCO2. The predicted octanol–water partition coefficient (Wildman–Crippen LogP) is 1.18. The Morgan fingerprint density at radius 3 is 3.06 bits per heavy atom. The highest BCUT2D eigenvalue weighted by molar-refractivity contribution is 5.94. The topological polar surface area (TPSA) is 55.6 Å². The van der Waals surface area contributed by atoms with Crippen LogP contribution in [-0.4, -0.2) is 26.1 Å². The number of fused-ring (bicyclic) bond motifs is 1. The summed E-state index contributed by atoms with van der Waals surface area (Å²) in [7, 11) is 1.78. The van der Waals surface area contributed by atoms with E-state index in [9.17, 15) is 4.79 Å². The summed E-state index contributed by atoms with van der Waals surface area (Å²) in [6, 6.07) is 5.85. The number of carbonyl (C=O) groups excluding carboxylic acids is 1. The monoisotopic (exact) mass is 234 g/mol. The molecule has 1 aliphatic heterocycles. The van der Waals surface area contributed by atoms with E-state index in [0.29, 0.717) is 6.54 Å². The van der Waals surface area contributed by atoms with Crippen molar-refractivity contribution in [1.29, 1.82) is 0 Å². The summed E-state index contributed by atoms with van der Waals surface area (Å²) >= 11 is 0. The third kappa shape index (κ3) is 2.26. The van der Waals surface area contributed by atoms with Crippen molar-refractivity contribution in [2.24, 2.45) is 11.7 Å². The van der Waals surface area contributed by atoms with Gasteiger partial charge in [0.25, 0.3) is 0 Å². The molecular formula is C13H18N2O2. The molecule has 1 heterocycles. The molecule has 0 saturated heterocycles. The summed E-state index contributed by atoms with van der Waals surface area (Å²) in [6.45, 7) is 2.95. The van der Waals surface area contributed by atoms with Crippen molar-refractivity contribution in [3.63, 3.8) is 0 Å². The molecular weight excluding hydrogens is 216 g/mol. The van der Waals surface area contributed by atoms with E-state index in [1.807, 2.05) is 25.1 Å². The lowest BCUT2D eigenvalue weighted by Gasteiger charge is -2.21. The Hall–Kier alpha value is -1.55. The van der Waals surface area contributed by atoms with Crippen molar-refractivity contribution in [3.05, 3.63) is 23.8 Å². The molecule has 2 rings (SSSR count). The van der Waals surface area contributed by atoms with Gasteiger partial charge < -0.3 is 15.4 Å². The first kappa shape index (κ1) is 11.9. The first-order chi connectivity index (χ1) is 8.13. The van der Waals surface area contributed by atoms with Gasteiger partial charge in [0.05, 0.1) is 6.61 Å². The molecule has 0 bridgehead atoms. The molecule has 0 saturated carbocycles. The molecule has 4 heteroatoms. The normalized spacial score (nSPS) is 15.0. The molecule has 1 atom stereocenters. The van der Waals surface area contributed by atoms with Gasteiger partial charge in [0.15, 0.2) is 0 Å². The number of anilines is 1. The fraction of sp³-hybridized carbons (Fsp3) is 0.462. The summed E-state index contributed by atoms with van der Waals surface area (Å²) in [4.78, 5) is 13.7. The molecule has 92 valence electrons. The van der Waals surface area contributed by atoms with Gasteiger partial charge in [0.1, 0.15) is 5.75 Å². The summed E-state index contributed by atoms with van der Waals surface area (Å²) in [5.74, 6) is 0.831. The van der Waals surface area contributed by atoms with Crippen molar-refractivity contribution >= 4 is 11.6 Å². The minimum absolute atomic E-state index is 0.0476. The van der Waals surface area contributed by atoms with Gasteiger partial charge in [-0.15, -0.1) is 0 Å². The van der Waals surface area contributed by atoms with Crippen LogP contribution >= 0.6 is 0 Å². The van der Waals surface area contributed by atoms with Gasteiger partial charge in [0, 0.05) is 31.6 Å². The smallest absolute Gasteiger partial charge is 0.230 e. The number of ether oxygens (including phenoxy) is 1. The summed E-state index contributed by atoms with van der Waals surface area (Å²) in [5.41, 5.74) is 7.58. The number of benzene rings is 1. The minimum atomic E-state index is -0.149. The lowest BCUT2D eigenvalue weighted by molar-refractivity contribution is -0.121. The van der Waals surface area contributed by atoms with Crippen LogP contribution in [0.3, 0.4) is 0 Å². The van der Waals surface area contributed by atoms with Crippen LogP contribution < -0.4 is 15.4 Å². The number of nitrogens with two attached hydrogens (primary N) is 1. The number of hydrogen-bond acceptors (Lipinski definition) is 3. The zero-order valence-electron chi connectivity index (χ0n) is 10.3. The minimum Gasteiger partial charge on any atom is -0.493 e. The fourth-order valence-corrected chi connectivity index (χ4v) is 1.94. The van der Waals surface area contributed by atoms with E-state index in [2.05, 4.69) is 0 Å². The maximum atomic E-state index is 12.0. The molecule has 1 aliphatic rings. The molecule has 0 aromatic heterocycles. The third-order valence-electron chi connectivity index (χ3n) is 3.17. The molecule has 1 aromatic carbocycles. The zero-order valence-corrected chi connectivity index (χ0v) is 10.3. The second-order valence-electron chi connectivity index (χ2n) is 4.42. The Morgan fingerprint density at radius 2 is 2.35 bits per heavy atom. The zero-order chi connectivity index (χ0) is 12.4. The molecule has 0 fully saturated rings. The lowest BCUT2D eigenvalue weighted by atomic mass is 10.1. The summed E-state index contributed by atoms with van der Waals surface area (Å²) in [6.07, 6.45) is 0.914. The summed E-state index contributed by atoms with van der Waals surface area (Å²) in [5, 5.41) is 0. The molecule has 0 radical (unpaired) electrons. The van der Waals surface area contributed by atoms with Crippen molar-refractivity contribution in [1.82, 2.24) is 0 Å². The second-order valence-corrected chi connectivity index (χ2v) is 4.42. The summed E-state index contributed by atoms with van der Waals surface area (Å²) < 4.78 is 5.44. The second kappa shape index (κ2) is 4.75. The van der Waals surface area contributed by atoms with Crippen LogP contribution in [0.4, 0.5) is 5.69 Å². The number of nitrogens with zero attached hydrogens (tertiary/aromatic N) is 1. The highest BCUT2D eigenvalue weighted by atomic mass is 16.5. The molecule has 0 spiro atoms. The Kier molecular flexibility index (Phi) is 3.33. The van der Waals surface area contributed by atoms with E-state index in [1.165, 1.54) is 5.56 Å². The third-order valence-corrected chi connectivity index (χ3v) is 3.17. The Balaban J connectivity index is 2.20. The van der Waals surface area contributed by atoms with E-state index in [0.717, 1.165) is 24.5 Å². The van der Waals surface area contributed by atoms with Gasteiger partial charge in [-0.05, 0) is 23.8 Å². The Morgan fingerprint density at radius 1 is 1.59 bits per heavy atom. The van der Waals surface area contributed by atoms with Crippen LogP contribution in [0.2, 0.25) is 0 Å². The number of carbonyl (C=O) groups is 1. The van der Waals surface area contributed by atoms with Gasteiger partial charge in [-0.2, -0.15) is 0 Å².